The lowest BCUT2D eigenvalue weighted by Gasteiger charge is -2.07. The molecule has 0 aliphatic carbocycles. The molecular formula is C19H21N3O2. The van der Waals surface area contributed by atoms with Gasteiger partial charge in [-0.25, -0.2) is 0 Å². The third kappa shape index (κ3) is 3.74. The fourth-order valence-electron chi connectivity index (χ4n) is 2.69. The number of nitrogens with one attached hydrogen (secondary N) is 1. The van der Waals surface area contributed by atoms with Gasteiger partial charge in [-0.1, -0.05) is 29.8 Å². The smallest absolute Gasteiger partial charge is 0.222 e. The molecule has 2 aromatic carbocycles. The summed E-state index contributed by atoms with van der Waals surface area (Å²) in [6.45, 7) is 3.15. The Balaban J connectivity index is 1.56. The van der Waals surface area contributed by atoms with Crippen LogP contribution in [0.3, 0.4) is 0 Å². The number of benzene rings is 2. The number of hydrogen-bond donors (Lipinski definition) is 1. The van der Waals surface area contributed by atoms with E-state index >= 15 is 0 Å². The molecule has 0 saturated carbocycles. The molecule has 0 bridgehead atoms. The summed E-state index contributed by atoms with van der Waals surface area (Å²) in [6.07, 6.45) is 2.19. The average molecular weight is 323 g/mol. The Morgan fingerprint density at radius 1 is 1.25 bits per heavy atom. The summed E-state index contributed by atoms with van der Waals surface area (Å²) < 4.78 is 7.06. The van der Waals surface area contributed by atoms with Crippen molar-refractivity contribution in [1.29, 1.82) is 0 Å². The lowest BCUT2D eigenvalue weighted by atomic mass is 10.1. The normalized spacial score (nSPS) is 10.8. The summed E-state index contributed by atoms with van der Waals surface area (Å²) in [5, 5.41) is 8.32. The highest BCUT2D eigenvalue weighted by atomic mass is 16.5. The number of methoxy groups -OCH3 is 1. The predicted molar refractivity (Wildman–Crippen MR) is 93.9 cm³/mol. The van der Waals surface area contributed by atoms with Crippen LogP contribution in [0.4, 0.5) is 0 Å². The van der Waals surface area contributed by atoms with Crippen molar-refractivity contribution in [3.8, 4) is 5.75 Å². The molecule has 5 heteroatoms. The second-order valence-corrected chi connectivity index (χ2v) is 5.81. The number of hydrogen-bond acceptors (Lipinski definition) is 3. The maximum atomic E-state index is 12.1. The molecule has 0 fully saturated rings. The van der Waals surface area contributed by atoms with Crippen LogP contribution < -0.4 is 10.1 Å². The van der Waals surface area contributed by atoms with E-state index in [4.69, 9.17) is 4.74 Å². The molecule has 0 radical (unpaired) electrons. The summed E-state index contributed by atoms with van der Waals surface area (Å²) in [5.41, 5.74) is 3.31. The maximum absolute atomic E-state index is 12.1. The molecule has 0 spiro atoms. The van der Waals surface area contributed by atoms with Crippen molar-refractivity contribution in [3.63, 3.8) is 0 Å². The van der Waals surface area contributed by atoms with E-state index in [0.717, 1.165) is 22.2 Å². The minimum atomic E-state index is 0.0219. The quantitative estimate of drug-likeness (QED) is 0.758. The Morgan fingerprint density at radius 3 is 2.92 bits per heavy atom. The summed E-state index contributed by atoms with van der Waals surface area (Å²) in [6, 6.07) is 13.9. The van der Waals surface area contributed by atoms with E-state index in [1.54, 1.807) is 13.3 Å². The van der Waals surface area contributed by atoms with Gasteiger partial charge in [0, 0.05) is 18.4 Å². The van der Waals surface area contributed by atoms with Crippen molar-refractivity contribution in [3.05, 3.63) is 59.8 Å². The number of aromatic nitrogens is 2. The third-order valence-electron chi connectivity index (χ3n) is 3.97. The Labute approximate surface area is 141 Å². The highest BCUT2D eigenvalue weighted by molar-refractivity contribution is 5.80. The first-order valence-corrected chi connectivity index (χ1v) is 7.97. The van der Waals surface area contributed by atoms with Gasteiger partial charge in [-0.15, -0.1) is 0 Å². The van der Waals surface area contributed by atoms with E-state index in [1.807, 2.05) is 48.0 Å². The van der Waals surface area contributed by atoms with Crippen molar-refractivity contribution in [2.24, 2.45) is 0 Å². The zero-order valence-electron chi connectivity index (χ0n) is 14.0. The van der Waals surface area contributed by atoms with Crippen LogP contribution in [0.15, 0.2) is 48.7 Å². The largest absolute Gasteiger partial charge is 0.497 e. The monoisotopic (exact) mass is 323 g/mol. The molecule has 3 rings (SSSR count). The van der Waals surface area contributed by atoms with Crippen molar-refractivity contribution in [2.45, 2.75) is 26.4 Å². The van der Waals surface area contributed by atoms with Gasteiger partial charge < -0.3 is 10.1 Å². The van der Waals surface area contributed by atoms with Crippen LogP contribution >= 0.6 is 0 Å². The Bertz CT molecular complexity index is 855. The predicted octanol–water partition coefficient (Wildman–Crippen LogP) is 3.06. The molecule has 0 aliphatic rings. The molecule has 0 unspecified atom stereocenters. The molecule has 0 atom stereocenters. The molecule has 24 heavy (non-hydrogen) atoms. The van der Waals surface area contributed by atoms with Gasteiger partial charge in [0.05, 0.1) is 25.4 Å². The van der Waals surface area contributed by atoms with Gasteiger partial charge in [0.1, 0.15) is 5.75 Å². The van der Waals surface area contributed by atoms with Crippen LogP contribution in [-0.4, -0.2) is 22.8 Å². The number of nitrogens with zero attached hydrogens (tertiary/aromatic N) is 2. The topological polar surface area (TPSA) is 56.2 Å². The first-order valence-electron chi connectivity index (χ1n) is 7.97. The first kappa shape index (κ1) is 16.1. The number of ether oxygens (including phenoxy) is 1. The van der Waals surface area contributed by atoms with Crippen molar-refractivity contribution in [2.75, 3.05) is 7.11 Å². The highest BCUT2D eigenvalue weighted by Gasteiger charge is 2.07. The zero-order chi connectivity index (χ0) is 16.9. The molecular weight excluding hydrogens is 302 g/mol. The molecule has 124 valence electrons. The Morgan fingerprint density at radius 2 is 2.12 bits per heavy atom. The SMILES string of the molecule is COc1ccc2c(cnn2CCC(=O)NCc2cccc(C)c2)c1. The maximum Gasteiger partial charge on any atom is 0.222 e. The second kappa shape index (κ2) is 7.17. The van der Waals surface area contributed by atoms with E-state index in [1.165, 1.54) is 5.56 Å². The van der Waals surface area contributed by atoms with Gasteiger partial charge >= 0.3 is 0 Å². The number of amides is 1. The molecule has 0 aliphatic heterocycles. The number of carbonyl (C=O) groups excluding carboxylic acids is 1. The number of fused-ring (bicyclic) bond motifs is 1. The zero-order valence-corrected chi connectivity index (χ0v) is 14.0. The fraction of sp³-hybridized carbons (Fsp3) is 0.263. The lowest BCUT2D eigenvalue weighted by molar-refractivity contribution is -0.121. The number of carbonyl (C=O) groups is 1. The summed E-state index contributed by atoms with van der Waals surface area (Å²) >= 11 is 0. The Hall–Kier alpha value is -2.82. The molecule has 1 aromatic heterocycles. The third-order valence-corrected chi connectivity index (χ3v) is 3.97. The van der Waals surface area contributed by atoms with E-state index in [-0.39, 0.29) is 5.91 Å². The lowest BCUT2D eigenvalue weighted by Crippen LogP contribution is -2.24. The molecule has 5 nitrogen and oxygen atoms in total. The minimum Gasteiger partial charge on any atom is -0.497 e. The van der Waals surface area contributed by atoms with Crippen LogP contribution in [0, 0.1) is 6.92 Å². The van der Waals surface area contributed by atoms with E-state index in [0.29, 0.717) is 19.5 Å². The summed E-state index contributed by atoms with van der Waals surface area (Å²) in [5.74, 6) is 0.826. The molecule has 3 aromatic rings. The van der Waals surface area contributed by atoms with Crippen molar-refractivity contribution < 1.29 is 9.53 Å². The fourth-order valence-corrected chi connectivity index (χ4v) is 2.69. The van der Waals surface area contributed by atoms with Crippen LogP contribution in [0.25, 0.3) is 10.9 Å². The highest BCUT2D eigenvalue weighted by Crippen LogP contribution is 2.20. The Kier molecular flexibility index (Phi) is 4.79. The standard InChI is InChI=1S/C19H21N3O2/c1-14-4-3-5-15(10-14)12-20-19(23)8-9-22-18-7-6-17(24-2)11-16(18)13-21-22/h3-7,10-11,13H,8-9,12H2,1-2H3,(H,20,23). The average Bonchev–Trinajstić information content (AvgIpc) is 3.00. The van der Waals surface area contributed by atoms with E-state index in [9.17, 15) is 4.79 Å². The minimum absolute atomic E-state index is 0.0219. The number of rotatable bonds is 6. The van der Waals surface area contributed by atoms with Crippen molar-refractivity contribution in [1.82, 2.24) is 15.1 Å². The van der Waals surface area contributed by atoms with Gasteiger partial charge in [0.25, 0.3) is 0 Å². The molecule has 1 heterocycles. The van der Waals surface area contributed by atoms with Crippen LogP contribution in [0.2, 0.25) is 0 Å². The van der Waals surface area contributed by atoms with Gasteiger partial charge in [-0.3, -0.25) is 9.48 Å². The van der Waals surface area contributed by atoms with Crippen LogP contribution in [-0.2, 0) is 17.9 Å². The van der Waals surface area contributed by atoms with Crippen LogP contribution in [0.1, 0.15) is 17.5 Å². The van der Waals surface area contributed by atoms with Gasteiger partial charge in [0.15, 0.2) is 0 Å². The molecule has 0 saturated heterocycles. The number of aryl methyl sites for hydroxylation is 2. The second-order valence-electron chi connectivity index (χ2n) is 5.81. The first-order chi connectivity index (χ1) is 11.7. The van der Waals surface area contributed by atoms with Gasteiger partial charge in [0.2, 0.25) is 5.91 Å². The molecule has 1 N–H and O–H groups in total. The summed E-state index contributed by atoms with van der Waals surface area (Å²) in [4.78, 5) is 12.1. The molecule has 1 amide bonds. The van der Waals surface area contributed by atoms with Gasteiger partial charge in [-0.2, -0.15) is 5.10 Å². The van der Waals surface area contributed by atoms with Gasteiger partial charge in [-0.05, 0) is 30.7 Å². The van der Waals surface area contributed by atoms with Crippen LogP contribution in [0.5, 0.6) is 5.75 Å². The van der Waals surface area contributed by atoms with E-state index in [2.05, 4.69) is 16.5 Å². The van der Waals surface area contributed by atoms with E-state index < -0.39 is 0 Å². The van der Waals surface area contributed by atoms with Crippen molar-refractivity contribution >= 4 is 16.8 Å². The summed E-state index contributed by atoms with van der Waals surface area (Å²) in [7, 11) is 1.64.